The van der Waals surface area contributed by atoms with Crippen LogP contribution < -0.4 is 15.0 Å². The maximum atomic E-state index is 12.7. The summed E-state index contributed by atoms with van der Waals surface area (Å²) in [6, 6.07) is 21.1. The Morgan fingerprint density at radius 3 is 2.62 bits per heavy atom. The van der Waals surface area contributed by atoms with E-state index in [1.807, 2.05) is 73.7 Å². The quantitative estimate of drug-likeness (QED) is 0.694. The Hall–Kier alpha value is -3.34. The van der Waals surface area contributed by atoms with Crippen LogP contribution in [0.4, 0.5) is 5.69 Å². The van der Waals surface area contributed by atoms with Gasteiger partial charge in [0.1, 0.15) is 5.75 Å². The number of ether oxygens (including phenoxy) is 1. The van der Waals surface area contributed by atoms with Gasteiger partial charge in [-0.1, -0.05) is 36.4 Å². The molecule has 148 valence electrons. The second-order valence-corrected chi connectivity index (χ2v) is 7.24. The summed E-state index contributed by atoms with van der Waals surface area (Å²) in [5.74, 6) is 0.863. The van der Waals surface area contributed by atoms with Crippen molar-refractivity contribution in [1.29, 1.82) is 0 Å². The first-order chi connectivity index (χ1) is 14.2. The second-order valence-electron chi connectivity index (χ2n) is 7.24. The van der Waals surface area contributed by atoms with Gasteiger partial charge < -0.3 is 15.0 Å². The van der Waals surface area contributed by atoms with Crippen LogP contribution in [0.1, 0.15) is 23.7 Å². The smallest absolute Gasteiger partial charge is 0.251 e. The molecule has 0 bridgehead atoms. The summed E-state index contributed by atoms with van der Waals surface area (Å²) < 4.78 is 5.46. The Bertz CT molecular complexity index is 1020. The second kappa shape index (κ2) is 8.35. The third kappa shape index (κ3) is 4.09. The molecule has 0 radical (unpaired) electrons. The zero-order chi connectivity index (χ0) is 20.2. The Morgan fingerprint density at radius 1 is 1.07 bits per heavy atom. The minimum Gasteiger partial charge on any atom is -0.494 e. The Kier molecular flexibility index (Phi) is 5.47. The number of hydrogen-bond acceptors (Lipinski definition) is 3. The van der Waals surface area contributed by atoms with E-state index in [1.165, 1.54) is 0 Å². The van der Waals surface area contributed by atoms with Crippen molar-refractivity contribution in [2.75, 3.05) is 24.6 Å². The monoisotopic (exact) mass is 388 g/mol. The molecule has 1 aliphatic heterocycles. The van der Waals surface area contributed by atoms with Gasteiger partial charge >= 0.3 is 0 Å². The van der Waals surface area contributed by atoms with Crippen molar-refractivity contribution in [3.8, 4) is 5.75 Å². The molecule has 1 heterocycles. The van der Waals surface area contributed by atoms with Crippen LogP contribution in [0.5, 0.6) is 5.75 Å². The number of benzene rings is 3. The molecule has 1 unspecified atom stereocenters. The first-order valence-electron chi connectivity index (χ1n) is 9.95. The van der Waals surface area contributed by atoms with Crippen LogP contribution in [0.3, 0.4) is 0 Å². The van der Waals surface area contributed by atoms with Crippen molar-refractivity contribution < 1.29 is 14.3 Å². The molecule has 0 saturated carbocycles. The predicted molar refractivity (Wildman–Crippen MR) is 114 cm³/mol. The molecule has 4 rings (SSSR count). The minimum absolute atomic E-state index is 0.0820. The van der Waals surface area contributed by atoms with Gasteiger partial charge in [0.25, 0.3) is 5.91 Å². The highest BCUT2D eigenvalue weighted by atomic mass is 16.5. The molecule has 0 aromatic heterocycles. The number of nitrogens with one attached hydrogen (secondary N) is 1. The highest BCUT2D eigenvalue weighted by Gasteiger charge is 2.30. The molecular formula is C24H24N2O3. The molecule has 5 heteroatoms. The number of fused-ring (bicyclic) bond motifs is 1. The molecule has 29 heavy (non-hydrogen) atoms. The van der Waals surface area contributed by atoms with Crippen molar-refractivity contribution in [3.05, 3.63) is 72.3 Å². The third-order valence-electron chi connectivity index (χ3n) is 5.25. The number of nitrogens with zero attached hydrogens (tertiary/aromatic N) is 1. The van der Waals surface area contributed by atoms with Crippen LogP contribution in [-0.4, -0.2) is 31.5 Å². The largest absolute Gasteiger partial charge is 0.494 e. The molecule has 1 N–H and O–H groups in total. The number of carbonyl (C=O) groups is 2. The summed E-state index contributed by atoms with van der Waals surface area (Å²) in [5, 5.41) is 4.99. The van der Waals surface area contributed by atoms with E-state index < -0.39 is 0 Å². The average Bonchev–Trinajstić information content (AvgIpc) is 3.13. The maximum Gasteiger partial charge on any atom is 0.251 e. The summed E-state index contributed by atoms with van der Waals surface area (Å²) in [4.78, 5) is 27.0. The molecule has 1 aliphatic rings. The van der Waals surface area contributed by atoms with Gasteiger partial charge in [-0.2, -0.15) is 0 Å². The van der Waals surface area contributed by atoms with Gasteiger partial charge in [-0.05, 0) is 48.0 Å². The standard InChI is InChI=1S/C24H24N2O3/c1-2-29-20-12-10-19(11-13-20)26-16-17(14-23(26)27)15-25-24(28)22-9-5-7-18-6-3-4-8-21(18)22/h3-13,17H,2,14-16H2,1H3,(H,25,28). The highest BCUT2D eigenvalue weighted by molar-refractivity contribution is 6.07. The summed E-state index contributed by atoms with van der Waals surface area (Å²) in [7, 11) is 0. The zero-order valence-corrected chi connectivity index (χ0v) is 16.4. The highest BCUT2D eigenvalue weighted by Crippen LogP contribution is 2.27. The molecule has 0 aliphatic carbocycles. The third-order valence-corrected chi connectivity index (χ3v) is 5.25. The number of amides is 2. The molecule has 5 nitrogen and oxygen atoms in total. The van der Waals surface area contributed by atoms with Crippen LogP contribution in [-0.2, 0) is 4.79 Å². The van der Waals surface area contributed by atoms with Gasteiger partial charge in [0.2, 0.25) is 5.91 Å². The van der Waals surface area contributed by atoms with E-state index in [2.05, 4.69) is 5.32 Å². The lowest BCUT2D eigenvalue weighted by molar-refractivity contribution is -0.117. The van der Waals surface area contributed by atoms with Gasteiger partial charge in [0.15, 0.2) is 0 Å². The van der Waals surface area contributed by atoms with E-state index in [9.17, 15) is 9.59 Å². The lowest BCUT2D eigenvalue weighted by atomic mass is 10.0. The molecular weight excluding hydrogens is 364 g/mol. The number of rotatable bonds is 6. The molecule has 3 aromatic carbocycles. The van der Waals surface area contributed by atoms with Crippen molar-refractivity contribution in [2.24, 2.45) is 5.92 Å². The van der Waals surface area contributed by atoms with Gasteiger partial charge in [-0.3, -0.25) is 9.59 Å². The number of anilines is 1. The molecule has 0 spiro atoms. The van der Waals surface area contributed by atoms with Crippen LogP contribution in [0.25, 0.3) is 10.8 Å². The Labute approximate surface area is 170 Å². The van der Waals surface area contributed by atoms with E-state index in [-0.39, 0.29) is 17.7 Å². The minimum atomic E-state index is -0.103. The summed E-state index contributed by atoms with van der Waals surface area (Å²) in [5.41, 5.74) is 1.53. The van der Waals surface area contributed by atoms with E-state index in [0.29, 0.717) is 31.7 Å². The van der Waals surface area contributed by atoms with Crippen molar-refractivity contribution >= 4 is 28.3 Å². The van der Waals surface area contributed by atoms with Crippen LogP contribution in [0.15, 0.2) is 66.7 Å². The molecule has 1 saturated heterocycles. The van der Waals surface area contributed by atoms with Gasteiger partial charge in [0, 0.05) is 36.7 Å². The molecule has 1 fully saturated rings. The first-order valence-corrected chi connectivity index (χ1v) is 9.95. The van der Waals surface area contributed by atoms with Crippen molar-refractivity contribution in [3.63, 3.8) is 0 Å². The van der Waals surface area contributed by atoms with E-state index >= 15 is 0 Å². The lowest BCUT2D eigenvalue weighted by Gasteiger charge is -2.17. The molecule has 3 aromatic rings. The van der Waals surface area contributed by atoms with Crippen molar-refractivity contribution in [1.82, 2.24) is 5.32 Å². The lowest BCUT2D eigenvalue weighted by Crippen LogP contribution is -2.31. The molecule has 2 amide bonds. The van der Waals surface area contributed by atoms with E-state index in [1.54, 1.807) is 4.90 Å². The summed E-state index contributed by atoms with van der Waals surface area (Å²) >= 11 is 0. The van der Waals surface area contributed by atoms with Gasteiger partial charge in [-0.15, -0.1) is 0 Å². The predicted octanol–water partition coefficient (Wildman–Crippen LogP) is 4.02. The van der Waals surface area contributed by atoms with Crippen molar-refractivity contribution in [2.45, 2.75) is 13.3 Å². The zero-order valence-electron chi connectivity index (χ0n) is 16.4. The summed E-state index contributed by atoms with van der Waals surface area (Å²) in [6.45, 7) is 3.62. The Morgan fingerprint density at radius 2 is 1.83 bits per heavy atom. The van der Waals surface area contributed by atoms with Gasteiger partial charge in [0.05, 0.1) is 6.61 Å². The fourth-order valence-corrected chi connectivity index (χ4v) is 3.81. The fraction of sp³-hybridized carbons (Fsp3) is 0.250. The summed E-state index contributed by atoms with van der Waals surface area (Å²) in [6.07, 6.45) is 0.434. The topological polar surface area (TPSA) is 58.6 Å². The first kappa shape index (κ1) is 19.0. The Balaban J connectivity index is 1.39. The number of carbonyl (C=O) groups excluding carboxylic acids is 2. The normalized spacial score (nSPS) is 16.2. The maximum absolute atomic E-state index is 12.7. The number of hydrogen-bond donors (Lipinski definition) is 1. The SMILES string of the molecule is CCOc1ccc(N2CC(CNC(=O)c3cccc4ccccc34)CC2=O)cc1. The van der Waals surface area contributed by atoms with E-state index in [4.69, 9.17) is 4.74 Å². The van der Waals surface area contributed by atoms with Gasteiger partial charge in [-0.25, -0.2) is 0 Å². The van der Waals surface area contributed by atoms with Crippen LogP contribution >= 0.6 is 0 Å². The van der Waals surface area contributed by atoms with E-state index in [0.717, 1.165) is 22.2 Å². The van der Waals surface area contributed by atoms with Crippen LogP contribution in [0, 0.1) is 5.92 Å². The van der Waals surface area contributed by atoms with Crippen LogP contribution in [0.2, 0.25) is 0 Å². The molecule has 1 atom stereocenters. The average molecular weight is 388 g/mol. The fourth-order valence-electron chi connectivity index (χ4n) is 3.81.